The summed E-state index contributed by atoms with van der Waals surface area (Å²) in [5.41, 5.74) is 0.474. The lowest BCUT2D eigenvalue weighted by Gasteiger charge is -2.29. The average molecular weight is 562 g/mol. The lowest BCUT2D eigenvalue weighted by Crippen LogP contribution is -2.53. The molecule has 1 heterocycles. The fraction of sp³-hybridized carbons (Fsp3) is 0.321. The van der Waals surface area contributed by atoms with Crippen molar-refractivity contribution >= 4 is 17.7 Å². The summed E-state index contributed by atoms with van der Waals surface area (Å²) in [6.07, 6.45) is -8.68. The number of hydrogen-bond donors (Lipinski definition) is 3. The predicted molar refractivity (Wildman–Crippen MR) is 142 cm³/mol. The van der Waals surface area contributed by atoms with E-state index in [4.69, 9.17) is 9.47 Å². The highest BCUT2D eigenvalue weighted by molar-refractivity contribution is 5.85. The molecule has 0 fully saturated rings. The molecule has 3 aromatic rings. The standard InChI is InChI=1S/C28H30F3N3O6/c1-17(2)24(25(36)28(29,30)31)33-23(35)15-34-22(19-9-11-20(39-3)12-10-19)14-13-21(26(34)37)32-27(38)40-16-18-7-5-4-6-8-18/h4-14,17,24-25,36H,15-16H2,1-3H3,(H,32,38)(H,33,35). The molecule has 0 aliphatic carbocycles. The Bertz CT molecular complexity index is 1360. The number of hydrogen-bond acceptors (Lipinski definition) is 6. The van der Waals surface area contributed by atoms with Crippen LogP contribution in [0.3, 0.4) is 0 Å². The summed E-state index contributed by atoms with van der Waals surface area (Å²) in [4.78, 5) is 38.7. The van der Waals surface area contributed by atoms with Gasteiger partial charge in [0.2, 0.25) is 5.91 Å². The second-order valence-electron chi connectivity index (χ2n) is 9.26. The number of anilines is 1. The van der Waals surface area contributed by atoms with Crippen LogP contribution in [0.5, 0.6) is 5.75 Å². The van der Waals surface area contributed by atoms with Crippen molar-refractivity contribution in [3.8, 4) is 17.0 Å². The van der Waals surface area contributed by atoms with Gasteiger partial charge in [-0.25, -0.2) is 4.79 Å². The number of aromatic nitrogens is 1. The summed E-state index contributed by atoms with van der Waals surface area (Å²) >= 11 is 0. The molecule has 0 radical (unpaired) electrons. The average Bonchev–Trinajstić information content (AvgIpc) is 2.92. The van der Waals surface area contributed by atoms with Crippen molar-refractivity contribution < 1.29 is 37.3 Å². The van der Waals surface area contributed by atoms with Crippen LogP contribution in [0.25, 0.3) is 11.3 Å². The first-order valence-corrected chi connectivity index (χ1v) is 12.3. The molecule has 3 rings (SSSR count). The van der Waals surface area contributed by atoms with Crippen LogP contribution in [-0.4, -0.2) is 47.1 Å². The van der Waals surface area contributed by atoms with Crippen molar-refractivity contribution in [1.29, 1.82) is 0 Å². The van der Waals surface area contributed by atoms with E-state index in [1.807, 2.05) is 0 Å². The Labute approximate surface area is 228 Å². The molecule has 2 amide bonds. The number of rotatable bonds is 10. The fourth-order valence-electron chi connectivity index (χ4n) is 3.90. The minimum Gasteiger partial charge on any atom is -0.497 e. The largest absolute Gasteiger partial charge is 0.497 e. The zero-order chi connectivity index (χ0) is 29.4. The van der Waals surface area contributed by atoms with E-state index in [2.05, 4.69) is 10.6 Å². The van der Waals surface area contributed by atoms with Crippen molar-refractivity contribution in [1.82, 2.24) is 9.88 Å². The summed E-state index contributed by atoms with van der Waals surface area (Å²) in [5, 5.41) is 14.3. The Morgan fingerprint density at radius 2 is 1.65 bits per heavy atom. The SMILES string of the molecule is COc1ccc(-c2ccc(NC(=O)OCc3ccccc3)c(=O)n2CC(=O)NC(C(C)C)C(O)C(F)(F)F)cc1. The Hall–Kier alpha value is -4.32. The third kappa shape index (κ3) is 7.85. The molecule has 0 saturated carbocycles. The Kier molecular flexibility index (Phi) is 9.94. The molecule has 2 atom stereocenters. The van der Waals surface area contributed by atoms with E-state index in [1.165, 1.54) is 33.1 Å². The summed E-state index contributed by atoms with van der Waals surface area (Å²) < 4.78 is 50.8. The van der Waals surface area contributed by atoms with Gasteiger partial charge in [-0.15, -0.1) is 0 Å². The maximum Gasteiger partial charge on any atom is 0.416 e. The van der Waals surface area contributed by atoms with Gasteiger partial charge < -0.3 is 19.9 Å². The molecule has 2 unspecified atom stereocenters. The third-order valence-electron chi connectivity index (χ3n) is 6.03. The minimum atomic E-state index is -4.96. The number of halogens is 3. The molecule has 0 aliphatic heterocycles. The number of methoxy groups -OCH3 is 1. The number of pyridine rings is 1. The van der Waals surface area contributed by atoms with Crippen LogP contribution in [0.4, 0.5) is 23.7 Å². The van der Waals surface area contributed by atoms with Crippen LogP contribution in [0.2, 0.25) is 0 Å². The van der Waals surface area contributed by atoms with Gasteiger partial charge in [0.05, 0.1) is 18.8 Å². The number of nitrogens with zero attached hydrogens (tertiary/aromatic N) is 1. The maximum atomic E-state index is 13.4. The quantitative estimate of drug-likeness (QED) is 0.339. The van der Waals surface area contributed by atoms with Crippen LogP contribution in [-0.2, 0) is 22.7 Å². The van der Waals surface area contributed by atoms with E-state index in [-0.39, 0.29) is 18.0 Å². The van der Waals surface area contributed by atoms with Gasteiger partial charge in [0.15, 0.2) is 6.10 Å². The first kappa shape index (κ1) is 30.2. The highest BCUT2D eigenvalue weighted by Crippen LogP contribution is 2.26. The number of aliphatic hydroxyl groups is 1. The lowest BCUT2D eigenvalue weighted by atomic mass is 9.98. The van der Waals surface area contributed by atoms with Gasteiger partial charge in [-0.1, -0.05) is 44.2 Å². The monoisotopic (exact) mass is 561 g/mol. The van der Waals surface area contributed by atoms with Crippen molar-refractivity contribution in [3.63, 3.8) is 0 Å². The third-order valence-corrected chi connectivity index (χ3v) is 6.03. The molecule has 1 aromatic heterocycles. The van der Waals surface area contributed by atoms with E-state index in [0.717, 1.165) is 10.1 Å². The molecule has 12 heteroatoms. The normalized spacial score (nSPS) is 12.9. The van der Waals surface area contributed by atoms with Gasteiger partial charge in [-0.05, 0) is 53.4 Å². The summed E-state index contributed by atoms with van der Waals surface area (Å²) in [5.74, 6) is -1.18. The molecule has 9 nitrogen and oxygen atoms in total. The molecular formula is C28H30F3N3O6. The summed E-state index contributed by atoms with van der Waals surface area (Å²) in [7, 11) is 1.48. The van der Waals surface area contributed by atoms with E-state index < -0.39 is 48.3 Å². The first-order valence-electron chi connectivity index (χ1n) is 12.3. The zero-order valence-electron chi connectivity index (χ0n) is 22.1. The van der Waals surface area contributed by atoms with Gasteiger partial charge in [-0.3, -0.25) is 19.5 Å². The minimum absolute atomic E-state index is 0.0503. The Morgan fingerprint density at radius 3 is 2.23 bits per heavy atom. The van der Waals surface area contributed by atoms with Gasteiger partial charge in [0.1, 0.15) is 24.6 Å². The van der Waals surface area contributed by atoms with Gasteiger partial charge in [0, 0.05) is 0 Å². The second-order valence-corrected chi connectivity index (χ2v) is 9.26. The Morgan fingerprint density at radius 1 is 1.00 bits per heavy atom. The number of carbonyl (C=O) groups is 2. The van der Waals surface area contributed by atoms with E-state index in [0.29, 0.717) is 11.3 Å². The second kappa shape index (κ2) is 13.2. The topological polar surface area (TPSA) is 119 Å². The number of nitrogens with one attached hydrogen (secondary N) is 2. The smallest absolute Gasteiger partial charge is 0.416 e. The van der Waals surface area contributed by atoms with Crippen LogP contribution >= 0.6 is 0 Å². The Balaban J connectivity index is 1.90. The number of alkyl halides is 3. The fourth-order valence-corrected chi connectivity index (χ4v) is 3.90. The molecule has 3 N–H and O–H groups in total. The summed E-state index contributed by atoms with van der Waals surface area (Å²) in [6.45, 7) is 2.09. The molecule has 214 valence electrons. The number of ether oxygens (including phenoxy) is 2. The molecule has 2 aromatic carbocycles. The van der Waals surface area contributed by atoms with Crippen molar-refractivity contribution in [2.75, 3.05) is 12.4 Å². The van der Waals surface area contributed by atoms with Crippen molar-refractivity contribution in [2.24, 2.45) is 5.92 Å². The molecular weight excluding hydrogens is 531 g/mol. The highest BCUT2D eigenvalue weighted by Gasteiger charge is 2.45. The molecule has 0 bridgehead atoms. The molecule has 0 saturated heterocycles. The van der Waals surface area contributed by atoms with Crippen LogP contribution in [0.15, 0.2) is 71.5 Å². The summed E-state index contributed by atoms with van der Waals surface area (Å²) in [6, 6.07) is 16.6. The number of aliphatic hydroxyl groups excluding tert-OH is 1. The van der Waals surface area contributed by atoms with Gasteiger partial charge >= 0.3 is 12.3 Å². The van der Waals surface area contributed by atoms with E-state index in [1.54, 1.807) is 54.6 Å². The number of carbonyl (C=O) groups excluding carboxylic acids is 2. The van der Waals surface area contributed by atoms with Crippen molar-refractivity contribution in [2.45, 2.75) is 45.3 Å². The highest BCUT2D eigenvalue weighted by atomic mass is 19.4. The van der Waals surface area contributed by atoms with Crippen molar-refractivity contribution in [3.05, 3.63) is 82.6 Å². The zero-order valence-corrected chi connectivity index (χ0v) is 22.1. The van der Waals surface area contributed by atoms with Gasteiger partial charge in [-0.2, -0.15) is 13.2 Å². The molecule has 0 aliphatic rings. The first-order chi connectivity index (χ1) is 18.9. The molecule has 40 heavy (non-hydrogen) atoms. The van der Waals surface area contributed by atoms with Crippen LogP contribution in [0.1, 0.15) is 19.4 Å². The maximum absolute atomic E-state index is 13.4. The van der Waals surface area contributed by atoms with Gasteiger partial charge in [0.25, 0.3) is 5.56 Å². The van der Waals surface area contributed by atoms with E-state index in [9.17, 15) is 32.7 Å². The predicted octanol–water partition coefficient (Wildman–Crippen LogP) is 4.34. The molecule has 0 spiro atoms. The lowest BCUT2D eigenvalue weighted by molar-refractivity contribution is -0.215. The van der Waals surface area contributed by atoms with Crippen LogP contribution in [0, 0.1) is 5.92 Å². The van der Waals surface area contributed by atoms with E-state index >= 15 is 0 Å². The number of benzene rings is 2. The van der Waals surface area contributed by atoms with Crippen LogP contribution < -0.4 is 20.9 Å². The number of amides is 2.